The van der Waals surface area contributed by atoms with E-state index in [-0.39, 0.29) is 15.7 Å². The number of aryl methyl sites for hydroxylation is 1. The van der Waals surface area contributed by atoms with E-state index in [2.05, 4.69) is 11.1 Å². The lowest BCUT2D eigenvalue weighted by Gasteiger charge is -2.01. The van der Waals surface area contributed by atoms with Crippen molar-refractivity contribution < 1.29 is 12.8 Å². The van der Waals surface area contributed by atoms with Gasteiger partial charge in [0.05, 0.1) is 20.7 Å². The number of furan rings is 1. The highest BCUT2D eigenvalue weighted by atomic mass is 32.2. The van der Waals surface area contributed by atoms with Gasteiger partial charge < -0.3 is 4.42 Å². The van der Waals surface area contributed by atoms with E-state index in [0.717, 1.165) is 15.8 Å². The molecule has 0 aliphatic carbocycles. The molecule has 0 spiro atoms. The molecular formula is C21H14N2O3S2. The lowest BCUT2D eigenvalue weighted by Crippen LogP contribution is -2.00. The Morgan fingerprint density at radius 2 is 1.86 bits per heavy atom. The van der Waals surface area contributed by atoms with Crippen LogP contribution in [0.4, 0.5) is 0 Å². The third-order valence-electron chi connectivity index (χ3n) is 4.13. The molecule has 2 heterocycles. The van der Waals surface area contributed by atoms with E-state index in [4.69, 9.17) is 4.42 Å². The minimum absolute atomic E-state index is 0.162. The zero-order valence-electron chi connectivity index (χ0n) is 14.8. The van der Waals surface area contributed by atoms with E-state index in [1.807, 2.05) is 31.2 Å². The van der Waals surface area contributed by atoms with Crippen molar-refractivity contribution in [1.29, 1.82) is 5.26 Å². The van der Waals surface area contributed by atoms with E-state index in [1.165, 1.54) is 29.5 Å². The zero-order chi connectivity index (χ0) is 19.7. The van der Waals surface area contributed by atoms with Crippen LogP contribution in [0.1, 0.15) is 16.3 Å². The number of nitrogens with zero attached hydrogens (tertiary/aromatic N) is 2. The molecule has 0 saturated heterocycles. The van der Waals surface area contributed by atoms with Crippen molar-refractivity contribution in [3.05, 3.63) is 77.0 Å². The lowest BCUT2D eigenvalue weighted by atomic mass is 10.2. The molecule has 0 bridgehead atoms. The molecule has 0 amide bonds. The summed E-state index contributed by atoms with van der Waals surface area (Å²) in [5.41, 5.74) is 2.09. The summed E-state index contributed by atoms with van der Waals surface area (Å²) in [6, 6.07) is 19.2. The number of benzene rings is 2. The fraction of sp³-hybridized carbons (Fsp3) is 0.0476. The number of rotatable bonds is 4. The van der Waals surface area contributed by atoms with E-state index in [9.17, 15) is 13.7 Å². The maximum Gasteiger partial charge on any atom is 0.239 e. The number of sulfone groups is 1. The van der Waals surface area contributed by atoms with Crippen LogP contribution in [0, 0.1) is 18.3 Å². The Labute approximate surface area is 166 Å². The van der Waals surface area contributed by atoms with E-state index in [0.29, 0.717) is 10.6 Å². The summed E-state index contributed by atoms with van der Waals surface area (Å²) in [4.78, 5) is 4.62. The largest absolute Gasteiger partial charge is 0.445 e. The summed E-state index contributed by atoms with van der Waals surface area (Å²) in [7, 11) is -3.75. The Morgan fingerprint density at radius 1 is 1.11 bits per heavy atom. The first-order chi connectivity index (χ1) is 13.5. The maximum atomic E-state index is 12.7. The minimum Gasteiger partial charge on any atom is -0.445 e. The first-order valence-corrected chi connectivity index (χ1v) is 10.7. The summed E-state index contributed by atoms with van der Waals surface area (Å²) < 4.78 is 31.9. The molecular weight excluding hydrogens is 392 g/mol. The van der Waals surface area contributed by atoms with Gasteiger partial charge in [0.25, 0.3) is 0 Å². The van der Waals surface area contributed by atoms with Gasteiger partial charge in [0, 0.05) is 6.08 Å². The van der Waals surface area contributed by atoms with Gasteiger partial charge in [-0.3, -0.25) is 0 Å². The summed E-state index contributed by atoms with van der Waals surface area (Å²) >= 11 is 1.40. The van der Waals surface area contributed by atoms with Crippen molar-refractivity contribution in [2.75, 3.05) is 0 Å². The number of nitriles is 1. The first kappa shape index (κ1) is 18.2. The fourth-order valence-corrected chi connectivity index (χ4v) is 4.77. The Bertz CT molecular complexity index is 1310. The highest BCUT2D eigenvalue weighted by molar-refractivity contribution is 7.91. The van der Waals surface area contributed by atoms with Gasteiger partial charge in [-0.2, -0.15) is 5.26 Å². The Morgan fingerprint density at radius 3 is 2.57 bits per heavy atom. The molecule has 0 saturated carbocycles. The molecule has 28 heavy (non-hydrogen) atoms. The second-order valence-corrected chi connectivity index (χ2v) is 9.04. The standard InChI is InChI=1S/C21H14N2O3S2/c1-14-6-9-17(10-7-14)28(24,25)20-11-8-16(26-20)12-15(13-22)21-23-18-4-2-3-5-19(18)27-21/h2-12H,1H3. The summed E-state index contributed by atoms with van der Waals surface area (Å²) in [5, 5.41) is 9.92. The van der Waals surface area contributed by atoms with Gasteiger partial charge in [-0.05, 0) is 43.3 Å². The van der Waals surface area contributed by atoms with Gasteiger partial charge in [-0.15, -0.1) is 11.3 Å². The highest BCUT2D eigenvalue weighted by Gasteiger charge is 2.21. The number of para-hydroxylation sites is 1. The van der Waals surface area contributed by atoms with Crippen LogP contribution >= 0.6 is 11.3 Å². The van der Waals surface area contributed by atoms with Crippen molar-refractivity contribution in [1.82, 2.24) is 4.98 Å². The van der Waals surface area contributed by atoms with Crippen LogP contribution in [0.5, 0.6) is 0 Å². The molecule has 0 atom stereocenters. The number of aromatic nitrogens is 1. The highest BCUT2D eigenvalue weighted by Crippen LogP contribution is 2.29. The molecule has 2 aromatic heterocycles. The normalized spacial score (nSPS) is 12.2. The predicted octanol–water partition coefficient (Wildman–Crippen LogP) is 5.09. The van der Waals surface area contributed by atoms with Crippen LogP contribution in [0.2, 0.25) is 0 Å². The maximum absolute atomic E-state index is 12.7. The van der Waals surface area contributed by atoms with Crippen molar-refractivity contribution in [2.24, 2.45) is 0 Å². The Kier molecular flexibility index (Phi) is 4.59. The summed E-state index contributed by atoms with van der Waals surface area (Å²) in [6.45, 7) is 1.89. The Balaban J connectivity index is 1.69. The fourth-order valence-electron chi connectivity index (χ4n) is 2.66. The van der Waals surface area contributed by atoms with Crippen LogP contribution in [-0.4, -0.2) is 13.4 Å². The quantitative estimate of drug-likeness (QED) is 0.441. The smallest absolute Gasteiger partial charge is 0.239 e. The summed E-state index contributed by atoms with van der Waals surface area (Å²) in [5.74, 6) is 0.279. The third-order valence-corrected chi connectivity index (χ3v) is 6.84. The van der Waals surface area contributed by atoms with Gasteiger partial charge in [0.1, 0.15) is 16.8 Å². The van der Waals surface area contributed by atoms with Gasteiger partial charge in [-0.1, -0.05) is 29.8 Å². The topological polar surface area (TPSA) is 84.0 Å². The van der Waals surface area contributed by atoms with Gasteiger partial charge in [-0.25, -0.2) is 13.4 Å². The molecule has 0 fully saturated rings. The predicted molar refractivity (Wildman–Crippen MR) is 108 cm³/mol. The van der Waals surface area contributed by atoms with E-state index < -0.39 is 9.84 Å². The van der Waals surface area contributed by atoms with Crippen molar-refractivity contribution in [2.45, 2.75) is 16.9 Å². The molecule has 5 nitrogen and oxygen atoms in total. The van der Waals surface area contributed by atoms with Crippen LogP contribution in [0.25, 0.3) is 21.9 Å². The molecule has 0 unspecified atom stereocenters. The monoisotopic (exact) mass is 406 g/mol. The number of fused-ring (bicyclic) bond motifs is 1. The molecule has 0 radical (unpaired) electrons. The molecule has 0 aliphatic rings. The number of thiazole rings is 1. The molecule has 7 heteroatoms. The second-order valence-electron chi connectivity index (χ2n) is 6.13. The number of hydrogen-bond acceptors (Lipinski definition) is 6. The molecule has 4 rings (SSSR count). The molecule has 0 N–H and O–H groups in total. The average Bonchev–Trinajstić information content (AvgIpc) is 3.33. The lowest BCUT2D eigenvalue weighted by molar-refractivity contribution is 0.443. The van der Waals surface area contributed by atoms with Gasteiger partial charge in [0.2, 0.25) is 14.9 Å². The second kappa shape index (κ2) is 7.08. The van der Waals surface area contributed by atoms with Crippen molar-refractivity contribution in [3.63, 3.8) is 0 Å². The van der Waals surface area contributed by atoms with Crippen LogP contribution in [0.15, 0.2) is 75.1 Å². The van der Waals surface area contributed by atoms with Crippen molar-refractivity contribution in [3.8, 4) is 6.07 Å². The van der Waals surface area contributed by atoms with Crippen molar-refractivity contribution >= 4 is 43.0 Å². The van der Waals surface area contributed by atoms with E-state index in [1.54, 1.807) is 24.3 Å². The van der Waals surface area contributed by atoms with Crippen LogP contribution < -0.4 is 0 Å². The minimum atomic E-state index is -3.75. The SMILES string of the molecule is Cc1ccc(S(=O)(=O)c2ccc(C=C(C#N)c3nc4ccccc4s3)o2)cc1. The molecule has 138 valence electrons. The zero-order valence-corrected chi connectivity index (χ0v) is 16.4. The number of allylic oxidation sites excluding steroid dienone is 1. The van der Waals surface area contributed by atoms with Gasteiger partial charge in [0.15, 0.2) is 0 Å². The van der Waals surface area contributed by atoms with E-state index >= 15 is 0 Å². The molecule has 0 aliphatic heterocycles. The average molecular weight is 406 g/mol. The summed E-state index contributed by atoms with van der Waals surface area (Å²) in [6.07, 6.45) is 1.51. The number of hydrogen-bond donors (Lipinski definition) is 0. The third kappa shape index (κ3) is 3.36. The van der Waals surface area contributed by atoms with Gasteiger partial charge >= 0.3 is 0 Å². The Hall–Kier alpha value is -3.21. The van der Waals surface area contributed by atoms with Crippen LogP contribution in [0.3, 0.4) is 0 Å². The first-order valence-electron chi connectivity index (χ1n) is 8.37. The van der Waals surface area contributed by atoms with Crippen LogP contribution in [-0.2, 0) is 9.84 Å². The molecule has 2 aromatic carbocycles. The molecule has 4 aromatic rings.